The van der Waals surface area contributed by atoms with Gasteiger partial charge in [-0.25, -0.2) is 13.4 Å². The molecular weight excluding hydrogens is 222 g/mol. The molecule has 0 spiro atoms. The van der Waals surface area contributed by atoms with Crippen molar-refractivity contribution in [1.29, 1.82) is 0 Å². The van der Waals surface area contributed by atoms with Crippen LogP contribution in [0.4, 0.5) is 0 Å². The van der Waals surface area contributed by atoms with E-state index in [9.17, 15) is 8.42 Å². The molecule has 1 aromatic heterocycles. The van der Waals surface area contributed by atoms with Crippen LogP contribution in [-0.2, 0) is 9.84 Å². The van der Waals surface area contributed by atoms with Crippen molar-refractivity contribution < 1.29 is 8.42 Å². The van der Waals surface area contributed by atoms with Crippen LogP contribution >= 0.6 is 0 Å². The number of allylic oxidation sites excluding steroid dienone is 1. The van der Waals surface area contributed by atoms with Crippen LogP contribution < -0.4 is 0 Å². The number of pyridine rings is 1. The third-order valence-electron chi connectivity index (χ3n) is 2.72. The summed E-state index contributed by atoms with van der Waals surface area (Å²) in [6.07, 6.45) is 0. The lowest BCUT2D eigenvalue weighted by atomic mass is 10.1. The highest BCUT2D eigenvalue weighted by Crippen LogP contribution is 2.33. The van der Waals surface area contributed by atoms with E-state index in [2.05, 4.69) is 4.98 Å². The van der Waals surface area contributed by atoms with Crippen LogP contribution in [0.15, 0.2) is 40.8 Å². The predicted octanol–water partition coefficient (Wildman–Crippen LogP) is 2.38. The molecule has 1 aromatic carbocycles. The zero-order valence-corrected chi connectivity index (χ0v) is 9.45. The van der Waals surface area contributed by atoms with E-state index in [1.54, 1.807) is 6.92 Å². The van der Waals surface area contributed by atoms with E-state index < -0.39 is 9.84 Å². The van der Waals surface area contributed by atoms with Crippen molar-refractivity contribution >= 4 is 26.3 Å². The Morgan fingerprint density at radius 2 is 1.94 bits per heavy atom. The SMILES string of the molecule is CC1=CS(=O)(=O)c2nc3ccccc3cc21. The molecule has 16 heavy (non-hydrogen) atoms. The topological polar surface area (TPSA) is 47.0 Å². The highest BCUT2D eigenvalue weighted by Gasteiger charge is 2.26. The molecule has 0 saturated carbocycles. The number of benzene rings is 1. The van der Waals surface area contributed by atoms with Gasteiger partial charge in [-0.2, -0.15) is 0 Å². The Bertz CT molecular complexity index is 730. The molecule has 3 rings (SSSR count). The first-order valence-corrected chi connectivity index (χ1v) is 6.46. The monoisotopic (exact) mass is 231 g/mol. The first-order chi connectivity index (χ1) is 7.58. The van der Waals surface area contributed by atoms with Crippen LogP contribution in [0.3, 0.4) is 0 Å². The summed E-state index contributed by atoms with van der Waals surface area (Å²) in [6, 6.07) is 9.40. The van der Waals surface area contributed by atoms with Crippen molar-refractivity contribution in [2.45, 2.75) is 11.9 Å². The van der Waals surface area contributed by atoms with E-state index in [0.29, 0.717) is 5.52 Å². The second-order valence-electron chi connectivity index (χ2n) is 3.88. The summed E-state index contributed by atoms with van der Waals surface area (Å²) >= 11 is 0. The number of nitrogens with zero attached hydrogens (tertiary/aromatic N) is 1. The summed E-state index contributed by atoms with van der Waals surface area (Å²) in [4.78, 5) is 4.22. The van der Waals surface area contributed by atoms with E-state index >= 15 is 0 Å². The van der Waals surface area contributed by atoms with Gasteiger partial charge >= 0.3 is 0 Å². The van der Waals surface area contributed by atoms with Gasteiger partial charge < -0.3 is 0 Å². The number of para-hydroxylation sites is 1. The Kier molecular flexibility index (Phi) is 1.74. The van der Waals surface area contributed by atoms with Gasteiger partial charge in [0.25, 0.3) is 0 Å². The van der Waals surface area contributed by atoms with Gasteiger partial charge in [-0.15, -0.1) is 0 Å². The maximum Gasteiger partial charge on any atom is 0.217 e. The average molecular weight is 231 g/mol. The molecule has 1 aliphatic heterocycles. The van der Waals surface area contributed by atoms with Crippen LogP contribution in [0.5, 0.6) is 0 Å². The van der Waals surface area contributed by atoms with Crippen LogP contribution in [0.25, 0.3) is 16.5 Å². The number of fused-ring (bicyclic) bond motifs is 2. The predicted molar refractivity (Wildman–Crippen MR) is 62.6 cm³/mol. The Hall–Kier alpha value is -1.68. The summed E-state index contributed by atoms with van der Waals surface area (Å²) < 4.78 is 23.5. The molecule has 0 radical (unpaired) electrons. The molecule has 0 aliphatic carbocycles. The molecule has 0 saturated heterocycles. The van der Waals surface area contributed by atoms with E-state index in [1.807, 2.05) is 30.3 Å². The van der Waals surface area contributed by atoms with E-state index in [-0.39, 0.29) is 5.03 Å². The smallest absolute Gasteiger partial charge is 0.217 e. The molecule has 0 amide bonds. The summed E-state index contributed by atoms with van der Waals surface area (Å²) in [6.45, 7) is 1.79. The van der Waals surface area contributed by atoms with Crippen molar-refractivity contribution in [2.24, 2.45) is 0 Å². The Morgan fingerprint density at radius 1 is 1.19 bits per heavy atom. The van der Waals surface area contributed by atoms with Crippen molar-refractivity contribution in [3.8, 4) is 0 Å². The Labute approximate surface area is 93.4 Å². The van der Waals surface area contributed by atoms with Gasteiger partial charge in [0.2, 0.25) is 9.84 Å². The second-order valence-corrected chi connectivity index (χ2v) is 5.59. The van der Waals surface area contributed by atoms with Gasteiger partial charge in [-0.1, -0.05) is 18.2 Å². The van der Waals surface area contributed by atoms with Gasteiger partial charge in [-0.3, -0.25) is 0 Å². The molecule has 2 aromatic rings. The number of sulfone groups is 1. The highest BCUT2D eigenvalue weighted by molar-refractivity contribution is 7.94. The third kappa shape index (κ3) is 1.20. The molecule has 0 N–H and O–H groups in total. The Morgan fingerprint density at radius 3 is 2.75 bits per heavy atom. The Balaban J connectivity index is 2.48. The van der Waals surface area contributed by atoms with Crippen molar-refractivity contribution in [3.05, 3.63) is 41.3 Å². The summed E-state index contributed by atoms with van der Waals surface area (Å²) in [7, 11) is -3.32. The fourth-order valence-corrected chi connectivity index (χ4v) is 3.41. The number of hydrogen-bond acceptors (Lipinski definition) is 3. The number of aromatic nitrogens is 1. The van der Waals surface area contributed by atoms with E-state index in [1.165, 1.54) is 5.41 Å². The van der Waals surface area contributed by atoms with Crippen molar-refractivity contribution in [1.82, 2.24) is 4.98 Å². The average Bonchev–Trinajstić information content (AvgIpc) is 2.47. The molecule has 0 atom stereocenters. The largest absolute Gasteiger partial charge is 0.235 e. The lowest BCUT2D eigenvalue weighted by molar-refractivity contribution is 0.602. The molecule has 2 heterocycles. The first kappa shape index (κ1) is 9.54. The van der Waals surface area contributed by atoms with Gasteiger partial charge in [0.1, 0.15) is 0 Å². The molecule has 3 nitrogen and oxygen atoms in total. The maximum atomic E-state index is 11.8. The molecular formula is C12H9NO2S. The van der Waals surface area contributed by atoms with Crippen molar-refractivity contribution in [3.63, 3.8) is 0 Å². The molecule has 1 aliphatic rings. The van der Waals surface area contributed by atoms with Gasteiger partial charge in [0.05, 0.1) is 5.52 Å². The number of rotatable bonds is 0. The van der Waals surface area contributed by atoms with E-state index in [4.69, 9.17) is 0 Å². The fraction of sp³-hybridized carbons (Fsp3) is 0.0833. The number of hydrogen-bond donors (Lipinski definition) is 0. The molecule has 0 fully saturated rings. The zero-order valence-electron chi connectivity index (χ0n) is 8.64. The lowest BCUT2D eigenvalue weighted by Gasteiger charge is -2.02. The van der Waals surface area contributed by atoms with Gasteiger partial charge in [0, 0.05) is 16.4 Å². The third-order valence-corrected chi connectivity index (χ3v) is 4.23. The van der Waals surface area contributed by atoms with Crippen LogP contribution in [-0.4, -0.2) is 13.4 Å². The van der Waals surface area contributed by atoms with E-state index in [0.717, 1.165) is 16.5 Å². The zero-order chi connectivity index (χ0) is 11.3. The minimum Gasteiger partial charge on any atom is -0.235 e. The molecule has 4 heteroatoms. The maximum absolute atomic E-state index is 11.8. The summed E-state index contributed by atoms with van der Waals surface area (Å²) in [5.74, 6) is 0. The van der Waals surface area contributed by atoms with Crippen LogP contribution in [0.1, 0.15) is 12.5 Å². The summed E-state index contributed by atoms with van der Waals surface area (Å²) in [5, 5.41) is 2.43. The van der Waals surface area contributed by atoms with Gasteiger partial charge in [0.15, 0.2) is 5.03 Å². The first-order valence-electron chi connectivity index (χ1n) is 4.91. The fourth-order valence-electron chi connectivity index (χ4n) is 1.95. The minimum absolute atomic E-state index is 0.184. The second kappa shape index (κ2) is 2.92. The summed E-state index contributed by atoms with van der Waals surface area (Å²) in [5.41, 5.74) is 2.19. The van der Waals surface area contributed by atoms with Crippen LogP contribution in [0.2, 0.25) is 0 Å². The van der Waals surface area contributed by atoms with Crippen LogP contribution in [0, 0.1) is 0 Å². The van der Waals surface area contributed by atoms with Crippen molar-refractivity contribution in [2.75, 3.05) is 0 Å². The molecule has 0 bridgehead atoms. The van der Waals surface area contributed by atoms with Gasteiger partial charge in [-0.05, 0) is 24.6 Å². The molecule has 0 unspecified atom stereocenters. The highest BCUT2D eigenvalue weighted by atomic mass is 32.2. The molecule has 80 valence electrons. The quantitative estimate of drug-likeness (QED) is 0.699. The minimum atomic E-state index is -3.32. The standard InChI is InChI=1S/C12H9NO2S/c1-8-7-16(14,15)12-10(8)6-9-4-2-3-5-11(9)13-12/h2-7H,1H3. The normalized spacial score (nSPS) is 17.2. The lowest BCUT2D eigenvalue weighted by Crippen LogP contribution is -1.97.